The van der Waals surface area contributed by atoms with Gasteiger partial charge in [-0.1, -0.05) is 27.2 Å². The highest BCUT2D eigenvalue weighted by Crippen LogP contribution is 2.26. The van der Waals surface area contributed by atoms with Crippen LogP contribution in [-0.4, -0.2) is 43.8 Å². The normalized spacial score (nSPS) is 16.0. The first-order valence-electron chi connectivity index (χ1n) is 8.31. The summed E-state index contributed by atoms with van der Waals surface area (Å²) in [5.74, 6) is 0. The molecule has 0 spiro atoms. The average Bonchev–Trinajstić information content (AvgIpc) is 2.49. The Morgan fingerprint density at radius 3 is 2.22 bits per heavy atom. The van der Waals surface area contributed by atoms with Crippen molar-refractivity contribution in [3.05, 3.63) is 23.8 Å². The van der Waals surface area contributed by atoms with Gasteiger partial charge in [0.2, 0.25) is 0 Å². The van der Waals surface area contributed by atoms with E-state index in [1.54, 1.807) is 0 Å². The Labute approximate surface area is 137 Å². The van der Waals surface area contributed by atoms with Crippen molar-refractivity contribution >= 4 is 11.4 Å². The van der Waals surface area contributed by atoms with Crippen LogP contribution in [0.1, 0.15) is 32.8 Å². The molecule has 2 rings (SSSR count). The Balaban J connectivity index is 0.00000127. The van der Waals surface area contributed by atoms with Crippen molar-refractivity contribution in [2.24, 2.45) is 0 Å². The lowest BCUT2D eigenvalue weighted by Gasteiger charge is -2.37. The summed E-state index contributed by atoms with van der Waals surface area (Å²) in [5, 5.41) is 0. The zero-order valence-electron chi connectivity index (χ0n) is 14.3. The minimum absolute atomic E-state index is 0.440. The van der Waals surface area contributed by atoms with E-state index in [1.165, 1.54) is 10.5 Å². The van der Waals surface area contributed by atoms with E-state index in [1.807, 2.05) is 32.0 Å². The fourth-order valence-electron chi connectivity index (χ4n) is 2.78. The molecule has 0 saturated carbocycles. The van der Waals surface area contributed by atoms with Crippen LogP contribution in [0.15, 0.2) is 18.2 Å². The number of aryl methyl sites for hydroxylation is 1. The third-order valence-electron chi connectivity index (χ3n) is 3.74. The summed E-state index contributed by atoms with van der Waals surface area (Å²) >= 11 is 0. The Hall–Kier alpha value is -1.43. The first-order valence-corrected chi connectivity index (χ1v) is 8.31. The van der Waals surface area contributed by atoms with Gasteiger partial charge in [-0.15, -0.1) is 0 Å². The van der Waals surface area contributed by atoms with E-state index >= 15 is 0 Å². The van der Waals surface area contributed by atoms with Crippen LogP contribution in [0.3, 0.4) is 0 Å². The molecule has 1 aromatic carbocycles. The van der Waals surface area contributed by atoms with Gasteiger partial charge in [0.25, 0.3) is 0 Å². The lowest BCUT2D eigenvalue weighted by atomic mass is 10.1. The van der Waals surface area contributed by atoms with Crippen LogP contribution in [0.4, 0.5) is 24.5 Å². The first kappa shape index (κ1) is 19.6. The summed E-state index contributed by atoms with van der Waals surface area (Å²) in [6.45, 7) is 7.41. The molecule has 0 aromatic heterocycles. The van der Waals surface area contributed by atoms with Crippen LogP contribution < -0.4 is 10.6 Å². The lowest BCUT2D eigenvalue weighted by Crippen LogP contribution is -2.49. The number of hydrogen-bond acceptors (Lipinski definition) is 3. The molecule has 0 amide bonds. The van der Waals surface area contributed by atoms with E-state index in [0.717, 1.165) is 24.2 Å². The molecular weight excluding hydrogens is 303 g/mol. The fraction of sp³-hybridized carbons (Fsp3) is 0.647. The molecule has 1 heterocycles. The van der Waals surface area contributed by atoms with Crippen LogP contribution in [-0.2, 0) is 6.42 Å². The van der Waals surface area contributed by atoms with Crippen molar-refractivity contribution in [3.63, 3.8) is 0 Å². The van der Waals surface area contributed by atoms with Crippen molar-refractivity contribution in [3.8, 4) is 0 Å². The molecule has 23 heavy (non-hydrogen) atoms. The molecule has 132 valence electrons. The number of hydrogen-bond donors (Lipinski definition) is 1. The van der Waals surface area contributed by atoms with Gasteiger partial charge in [0.05, 0.1) is 6.54 Å². The number of anilines is 2. The van der Waals surface area contributed by atoms with Crippen molar-refractivity contribution in [1.82, 2.24) is 4.90 Å². The Morgan fingerprint density at radius 2 is 1.70 bits per heavy atom. The van der Waals surface area contributed by atoms with Gasteiger partial charge in [0.15, 0.2) is 0 Å². The molecule has 1 saturated heterocycles. The molecule has 1 fully saturated rings. The monoisotopic (exact) mass is 331 g/mol. The van der Waals surface area contributed by atoms with Crippen molar-refractivity contribution in [1.29, 1.82) is 0 Å². The maximum Gasteiger partial charge on any atom is 0.401 e. The number of halogens is 3. The molecule has 0 unspecified atom stereocenters. The number of alkyl halides is 3. The van der Waals surface area contributed by atoms with E-state index < -0.39 is 12.7 Å². The maximum atomic E-state index is 12.4. The second kappa shape index (κ2) is 9.01. The first-order chi connectivity index (χ1) is 10.9. The number of nitrogens with two attached hydrogens (primary N) is 1. The molecule has 0 aliphatic carbocycles. The van der Waals surface area contributed by atoms with E-state index in [0.29, 0.717) is 26.2 Å². The van der Waals surface area contributed by atoms with Gasteiger partial charge in [-0.25, -0.2) is 0 Å². The summed E-state index contributed by atoms with van der Waals surface area (Å²) in [4.78, 5) is 3.63. The molecule has 0 bridgehead atoms. The van der Waals surface area contributed by atoms with E-state index in [2.05, 4.69) is 11.8 Å². The second-order valence-electron chi connectivity index (χ2n) is 5.52. The fourth-order valence-corrected chi connectivity index (χ4v) is 2.78. The predicted octanol–water partition coefficient (Wildman–Crippen LogP) is 3.93. The Morgan fingerprint density at radius 1 is 1.09 bits per heavy atom. The molecule has 1 aliphatic heterocycles. The maximum absolute atomic E-state index is 12.4. The highest BCUT2D eigenvalue weighted by Gasteiger charge is 2.32. The highest BCUT2D eigenvalue weighted by molar-refractivity contribution is 5.60. The van der Waals surface area contributed by atoms with Crippen molar-refractivity contribution in [2.75, 3.05) is 43.4 Å². The summed E-state index contributed by atoms with van der Waals surface area (Å²) in [5.41, 5.74) is 8.85. The van der Waals surface area contributed by atoms with Crippen molar-refractivity contribution < 1.29 is 13.2 Å². The summed E-state index contributed by atoms with van der Waals surface area (Å²) in [6.07, 6.45) is -2.16. The molecule has 1 aliphatic rings. The van der Waals surface area contributed by atoms with Crippen molar-refractivity contribution in [2.45, 2.75) is 39.8 Å². The molecule has 0 atom stereocenters. The molecule has 3 nitrogen and oxygen atoms in total. The molecule has 2 N–H and O–H groups in total. The molecule has 1 aromatic rings. The zero-order chi connectivity index (χ0) is 17.5. The number of rotatable bonds is 4. The standard InChI is InChI=1S/C15H22F3N3.C2H6/c1-2-3-12-10-13(19)4-5-14(12)21-8-6-20(7-9-21)11-15(16,17)18;1-2/h4-5,10H,2-3,6-9,11,19H2,1H3;1-2H3. The number of benzene rings is 1. The van der Waals surface area contributed by atoms with Gasteiger partial charge < -0.3 is 10.6 Å². The predicted molar refractivity (Wildman–Crippen MR) is 90.9 cm³/mol. The van der Waals surface area contributed by atoms with Crippen LogP contribution in [0.2, 0.25) is 0 Å². The van der Waals surface area contributed by atoms with Gasteiger partial charge in [-0.3, -0.25) is 4.90 Å². The number of piperazine rings is 1. The quantitative estimate of drug-likeness (QED) is 0.849. The van der Waals surface area contributed by atoms with Gasteiger partial charge >= 0.3 is 6.18 Å². The number of nitrogens with zero attached hydrogens (tertiary/aromatic N) is 2. The Kier molecular flexibility index (Phi) is 7.68. The summed E-state index contributed by atoms with van der Waals surface area (Å²) < 4.78 is 37.2. The average molecular weight is 331 g/mol. The molecular formula is C17H28F3N3. The second-order valence-corrected chi connectivity index (χ2v) is 5.52. The van der Waals surface area contributed by atoms with Crippen LogP contribution in [0.25, 0.3) is 0 Å². The van der Waals surface area contributed by atoms with E-state index in [-0.39, 0.29) is 0 Å². The summed E-state index contributed by atoms with van der Waals surface area (Å²) in [6, 6.07) is 5.82. The zero-order valence-corrected chi connectivity index (χ0v) is 14.3. The van der Waals surface area contributed by atoms with Crippen LogP contribution in [0, 0.1) is 0 Å². The third kappa shape index (κ3) is 6.29. The Bertz CT molecular complexity index is 467. The molecule has 6 heteroatoms. The van der Waals surface area contributed by atoms with E-state index in [4.69, 9.17) is 5.73 Å². The highest BCUT2D eigenvalue weighted by atomic mass is 19.4. The number of nitrogen functional groups attached to an aromatic ring is 1. The van der Waals surface area contributed by atoms with Gasteiger partial charge in [-0.2, -0.15) is 13.2 Å². The van der Waals surface area contributed by atoms with E-state index in [9.17, 15) is 13.2 Å². The van der Waals surface area contributed by atoms with Crippen LogP contribution in [0.5, 0.6) is 0 Å². The molecule has 0 radical (unpaired) electrons. The van der Waals surface area contributed by atoms with Gasteiger partial charge in [0, 0.05) is 37.6 Å². The van der Waals surface area contributed by atoms with Crippen LogP contribution >= 0.6 is 0 Å². The largest absolute Gasteiger partial charge is 0.401 e. The SMILES string of the molecule is CC.CCCc1cc(N)ccc1N1CCN(CC(F)(F)F)CC1. The lowest BCUT2D eigenvalue weighted by molar-refractivity contribution is -0.146. The minimum atomic E-state index is -4.11. The van der Waals surface area contributed by atoms with Gasteiger partial charge in [-0.05, 0) is 30.2 Å². The van der Waals surface area contributed by atoms with Gasteiger partial charge in [0.1, 0.15) is 0 Å². The third-order valence-corrected chi connectivity index (χ3v) is 3.74. The smallest absolute Gasteiger partial charge is 0.399 e. The topological polar surface area (TPSA) is 32.5 Å². The summed E-state index contributed by atoms with van der Waals surface area (Å²) in [7, 11) is 0. The minimum Gasteiger partial charge on any atom is -0.399 e.